The number of nitrogens with zero attached hydrogens (tertiary/aromatic N) is 4. The monoisotopic (exact) mass is 394 g/mol. The van der Waals surface area contributed by atoms with Gasteiger partial charge in [0.1, 0.15) is 24.9 Å². The van der Waals surface area contributed by atoms with Gasteiger partial charge in [-0.25, -0.2) is 9.67 Å². The van der Waals surface area contributed by atoms with E-state index >= 15 is 0 Å². The number of aromatic nitrogens is 4. The van der Waals surface area contributed by atoms with Crippen molar-refractivity contribution in [2.75, 3.05) is 0 Å². The maximum absolute atomic E-state index is 12.7. The second-order valence-corrected chi connectivity index (χ2v) is 6.53. The Morgan fingerprint density at radius 3 is 2.57 bits per heavy atom. The van der Waals surface area contributed by atoms with Crippen molar-refractivity contribution in [2.24, 2.45) is 0 Å². The van der Waals surface area contributed by atoms with E-state index in [1.54, 1.807) is 28.9 Å². The zero-order valence-electron chi connectivity index (χ0n) is 14.7. The zero-order chi connectivity index (χ0) is 19.5. The highest BCUT2D eigenvalue weighted by molar-refractivity contribution is 6.30. The number of esters is 1. The summed E-state index contributed by atoms with van der Waals surface area (Å²) in [5.41, 5.74) is 1.65. The molecule has 0 saturated heterocycles. The lowest BCUT2D eigenvalue weighted by Crippen LogP contribution is -2.25. The predicted octanol–water partition coefficient (Wildman–Crippen LogP) is 2.98. The topological polar surface area (TPSA) is 79.0 Å². The van der Waals surface area contributed by atoms with Crippen LogP contribution in [0.4, 0.5) is 0 Å². The average molecular weight is 395 g/mol. The molecule has 0 spiro atoms. The highest BCUT2D eigenvalue weighted by Gasteiger charge is 2.14. The Morgan fingerprint density at radius 1 is 1.07 bits per heavy atom. The lowest BCUT2D eigenvalue weighted by atomic mass is 10.2. The van der Waals surface area contributed by atoms with Crippen molar-refractivity contribution in [1.29, 1.82) is 0 Å². The van der Waals surface area contributed by atoms with E-state index in [9.17, 15) is 9.59 Å². The third-order valence-corrected chi connectivity index (χ3v) is 4.42. The summed E-state index contributed by atoms with van der Waals surface area (Å²) in [5.74, 6) is -0.516. The maximum Gasteiger partial charge on any atom is 0.326 e. The number of carbonyl (C=O) groups excluding carboxylic acids is 1. The van der Waals surface area contributed by atoms with Gasteiger partial charge in [-0.2, -0.15) is 5.10 Å². The molecule has 0 aliphatic heterocycles. The van der Waals surface area contributed by atoms with Crippen LogP contribution in [0.3, 0.4) is 0 Å². The van der Waals surface area contributed by atoms with Gasteiger partial charge in [-0.1, -0.05) is 41.9 Å². The SMILES string of the molecule is O=C(Cn1cnc2c(cnn2-c2ccc(Cl)cc2)c1=O)OCc1ccccc1. The average Bonchev–Trinajstić information content (AvgIpc) is 3.15. The number of ether oxygens (including phenoxy) is 1. The molecule has 4 aromatic rings. The lowest BCUT2D eigenvalue weighted by Gasteiger charge is -2.07. The summed E-state index contributed by atoms with van der Waals surface area (Å²) in [5, 5.41) is 5.15. The summed E-state index contributed by atoms with van der Waals surface area (Å²) in [4.78, 5) is 29.1. The number of halogens is 1. The molecule has 4 rings (SSSR count). The number of rotatable bonds is 5. The van der Waals surface area contributed by atoms with E-state index in [-0.39, 0.29) is 18.7 Å². The number of benzene rings is 2. The number of carbonyl (C=O) groups is 1. The summed E-state index contributed by atoms with van der Waals surface area (Å²) < 4.78 is 7.98. The molecular formula is C20H15ClN4O3. The van der Waals surface area contributed by atoms with E-state index in [0.717, 1.165) is 11.3 Å². The Labute approximate surface area is 164 Å². The molecule has 8 heteroatoms. The van der Waals surface area contributed by atoms with Gasteiger partial charge in [0, 0.05) is 5.02 Å². The quantitative estimate of drug-likeness (QED) is 0.486. The fourth-order valence-corrected chi connectivity index (χ4v) is 2.88. The molecule has 0 unspecified atom stereocenters. The Kier molecular flexibility index (Phi) is 4.90. The van der Waals surface area contributed by atoms with E-state index in [0.29, 0.717) is 16.1 Å². The molecular weight excluding hydrogens is 380 g/mol. The van der Waals surface area contributed by atoms with Crippen LogP contribution in [0.25, 0.3) is 16.7 Å². The van der Waals surface area contributed by atoms with Crippen molar-refractivity contribution in [3.63, 3.8) is 0 Å². The molecule has 0 saturated carbocycles. The summed E-state index contributed by atoms with van der Waals surface area (Å²) in [6.45, 7) is -0.0701. The molecule has 0 radical (unpaired) electrons. The molecule has 0 amide bonds. The van der Waals surface area contributed by atoms with Crippen LogP contribution in [-0.2, 0) is 22.7 Å². The van der Waals surface area contributed by atoms with Crippen LogP contribution < -0.4 is 5.56 Å². The van der Waals surface area contributed by atoms with Gasteiger partial charge in [0.2, 0.25) is 0 Å². The molecule has 28 heavy (non-hydrogen) atoms. The van der Waals surface area contributed by atoms with E-state index in [1.807, 2.05) is 30.3 Å². The van der Waals surface area contributed by atoms with Gasteiger partial charge in [0.15, 0.2) is 5.65 Å². The fraction of sp³-hybridized carbons (Fsp3) is 0.100. The Bertz CT molecular complexity index is 1180. The number of hydrogen-bond acceptors (Lipinski definition) is 5. The zero-order valence-corrected chi connectivity index (χ0v) is 15.4. The molecule has 2 aromatic carbocycles. The first-order chi connectivity index (χ1) is 13.6. The first-order valence-corrected chi connectivity index (χ1v) is 8.88. The van der Waals surface area contributed by atoms with E-state index < -0.39 is 5.97 Å². The number of fused-ring (bicyclic) bond motifs is 1. The summed E-state index contributed by atoms with van der Waals surface area (Å²) in [6, 6.07) is 16.4. The van der Waals surface area contributed by atoms with E-state index in [1.165, 1.54) is 17.1 Å². The van der Waals surface area contributed by atoms with Gasteiger partial charge < -0.3 is 4.74 Å². The smallest absolute Gasteiger partial charge is 0.326 e. The van der Waals surface area contributed by atoms with Crippen LogP contribution >= 0.6 is 11.6 Å². The normalized spacial score (nSPS) is 10.9. The largest absolute Gasteiger partial charge is 0.459 e. The van der Waals surface area contributed by atoms with Gasteiger partial charge in [0.05, 0.1) is 11.9 Å². The lowest BCUT2D eigenvalue weighted by molar-refractivity contribution is -0.145. The molecule has 0 aliphatic carbocycles. The van der Waals surface area contributed by atoms with Gasteiger partial charge in [-0.05, 0) is 29.8 Å². The molecule has 2 heterocycles. The van der Waals surface area contributed by atoms with Crippen LogP contribution in [-0.4, -0.2) is 25.3 Å². The molecule has 0 aliphatic rings. The predicted molar refractivity (Wildman–Crippen MR) is 104 cm³/mol. The van der Waals surface area contributed by atoms with Crippen molar-refractivity contribution < 1.29 is 9.53 Å². The van der Waals surface area contributed by atoms with E-state index in [4.69, 9.17) is 16.3 Å². The van der Waals surface area contributed by atoms with Gasteiger partial charge >= 0.3 is 5.97 Å². The van der Waals surface area contributed by atoms with Gasteiger partial charge in [-0.15, -0.1) is 0 Å². The third-order valence-electron chi connectivity index (χ3n) is 4.17. The molecule has 0 bridgehead atoms. The highest BCUT2D eigenvalue weighted by atomic mass is 35.5. The first-order valence-electron chi connectivity index (χ1n) is 8.50. The molecule has 2 aromatic heterocycles. The van der Waals surface area contributed by atoms with Gasteiger partial charge in [0.25, 0.3) is 5.56 Å². The van der Waals surface area contributed by atoms with Gasteiger partial charge in [-0.3, -0.25) is 14.2 Å². The molecule has 0 fully saturated rings. The van der Waals surface area contributed by atoms with Crippen molar-refractivity contribution >= 4 is 28.6 Å². The molecule has 0 N–H and O–H groups in total. The van der Waals surface area contributed by atoms with Crippen LogP contribution in [0.1, 0.15) is 5.56 Å². The molecule has 0 atom stereocenters. The van der Waals surface area contributed by atoms with Crippen LogP contribution in [0.2, 0.25) is 5.02 Å². The Balaban J connectivity index is 1.54. The summed E-state index contributed by atoms with van der Waals surface area (Å²) >= 11 is 5.91. The first kappa shape index (κ1) is 17.9. The van der Waals surface area contributed by atoms with Crippen LogP contribution in [0, 0.1) is 0 Å². The Morgan fingerprint density at radius 2 is 1.82 bits per heavy atom. The number of hydrogen-bond donors (Lipinski definition) is 0. The van der Waals surface area contributed by atoms with Crippen molar-refractivity contribution in [2.45, 2.75) is 13.2 Å². The summed E-state index contributed by atoms with van der Waals surface area (Å²) in [6.07, 6.45) is 2.76. The summed E-state index contributed by atoms with van der Waals surface area (Å²) in [7, 11) is 0. The Hall–Kier alpha value is -3.45. The maximum atomic E-state index is 12.7. The van der Waals surface area contributed by atoms with Crippen molar-refractivity contribution in [3.05, 3.63) is 88.1 Å². The van der Waals surface area contributed by atoms with Crippen LogP contribution in [0.5, 0.6) is 0 Å². The molecule has 7 nitrogen and oxygen atoms in total. The second kappa shape index (κ2) is 7.66. The standard InChI is InChI=1S/C20H15ClN4O3/c21-15-6-8-16(9-7-15)25-19-17(10-23-25)20(27)24(13-22-19)11-18(26)28-12-14-4-2-1-3-5-14/h1-10,13H,11-12H2. The third kappa shape index (κ3) is 3.65. The molecule has 140 valence electrons. The minimum absolute atomic E-state index is 0.151. The minimum atomic E-state index is -0.516. The van der Waals surface area contributed by atoms with Crippen molar-refractivity contribution in [3.8, 4) is 5.69 Å². The fourth-order valence-electron chi connectivity index (χ4n) is 2.76. The van der Waals surface area contributed by atoms with Crippen molar-refractivity contribution in [1.82, 2.24) is 19.3 Å². The second-order valence-electron chi connectivity index (χ2n) is 6.09. The van der Waals surface area contributed by atoms with E-state index in [2.05, 4.69) is 10.1 Å². The highest BCUT2D eigenvalue weighted by Crippen LogP contribution is 2.16. The van der Waals surface area contributed by atoms with Crippen LogP contribution in [0.15, 0.2) is 71.9 Å². The minimum Gasteiger partial charge on any atom is -0.459 e.